The van der Waals surface area contributed by atoms with Gasteiger partial charge in [0.2, 0.25) is 0 Å². The fourth-order valence-corrected chi connectivity index (χ4v) is 7.73. The molecule has 0 bridgehead atoms. The van der Waals surface area contributed by atoms with Crippen LogP contribution in [-0.2, 0) is 25.5 Å². The molecule has 0 unspecified atom stereocenters. The summed E-state index contributed by atoms with van der Waals surface area (Å²) < 4.78 is 6.28. The van der Waals surface area contributed by atoms with Gasteiger partial charge >= 0.3 is 0 Å². The second kappa shape index (κ2) is 14.8. The Hall–Kier alpha value is -4.15. The standard InChI is InChI=1S/C27H22NO.C17H22NSi.Ir/c1-27(2,3)20-14-15-28-24(17-20)22-11-7-10-21-23-16-19(18-8-5-4-6-9-18)12-13-25(23)29-26(21)22;1-13(2)15-11-16(14-9-7-6-8-10-14)18-12-17(15)19(3,4)5;/h4-10,12-17H,1-3H3;6-9,11-13H,1-5H3;/q2*-1;. The van der Waals surface area contributed by atoms with E-state index in [1.807, 2.05) is 36.5 Å². The van der Waals surface area contributed by atoms with Crippen LogP contribution in [0.5, 0.6) is 0 Å². The number of furan rings is 1. The Balaban J connectivity index is 0.000000205. The largest absolute Gasteiger partial charge is 0.501 e. The molecule has 49 heavy (non-hydrogen) atoms. The zero-order valence-corrected chi connectivity index (χ0v) is 33.1. The Morgan fingerprint density at radius 3 is 2.14 bits per heavy atom. The quantitative estimate of drug-likeness (QED) is 0.128. The van der Waals surface area contributed by atoms with Gasteiger partial charge in [0.25, 0.3) is 0 Å². The van der Waals surface area contributed by atoms with Crippen molar-refractivity contribution in [2.75, 3.05) is 0 Å². The van der Waals surface area contributed by atoms with Gasteiger partial charge in [-0.15, -0.1) is 54.1 Å². The van der Waals surface area contributed by atoms with E-state index in [-0.39, 0.29) is 25.5 Å². The van der Waals surface area contributed by atoms with Crippen molar-refractivity contribution in [3.05, 3.63) is 139 Å². The molecule has 251 valence electrons. The third-order valence-corrected chi connectivity index (χ3v) is 10.8. The molecule has 0 aliphatic carbocycles. The van der Waals surface area contributed by atoms with Crippen LogP contribution in [0.2, 0.25) is 19.6 Å². The molecule has 0 saturated heterocycles. The second-order valence-corrected chi connectivity index (χ2v) is 19.8. The van der Waals surface area contributed by atoms with Crippen LogP contribution in [0.1, 0.15) is 51.7 Å². The fourth-order valence-electron chi connectivity index (χ4n) is 6.05. The average molecular weight is 837 g/mol. The van der Waals surface area contributed by atoms with Gasteiger partial charge in [0, 0.05) is 37.9 Å². The van der Waals surface area contributed by atoms with Gasteiger partial charge in [0.05, 0.1) is 13.7 Å². The van der Waals surface area contributed by atoms with E-state index in [9.17, 15) is 0 Å². The molecule has 3 aromatic heterocycles. The van der Waals surface area contributed by atoms with Gasteiger partial charge in [-0.3, -0.25) is 0 Å². The Morgan fingerprint density at radius 1 is 0.714 bits per heavy atom. The predicted octanol–water partition coefficient (Wildman–Crippen LogP) is 11.6. The minimum atomic E-state index is -1.34. The number of fused-ring (bicyclic) bond motifs is 3. The molecule has 0 atom stereocenters. The SMILES string of the molecule is CC(C)(C)c1ccnc(-c2[c-]ccc3c2oc2ccc(-c4ccccc4)cc23)c1.CC(C)c1cc(-c2[c-]cccc2)ncc1[Si](C)(C)C.[Ir]. The van der Waals surface area contributed by atoms with E-state index in [1.54, 1.807) is 0 Å². The van der Waals surface area contributed by atoms with Crippen LogP contribution >= 0.6 is 0 Å². The molecule has 7 rings (SSSR count). The van der Waals surface area contributed by atoms with Crippen molar-refractivity contribution in [1.29, 1.82) is 0 Å². The number of rotatable bonds is 5. The number of pyridine rings is 2. The molecule has 0 amide bonds. The van der Waals surface area contributed by atoms with E-state index in [1.165, 1.54) is 27.4 Å². The average Bonchev–Trinajstić information content (AvgIpc) is 3.46. The first-order chi connectivity index (χ1) is 22.9. The Kier molecular flexibility index (Phi) is 10.9. The summed E-state index contributed by atoms with van der Waals surface area (Å²) in [6.45, 7) is 18.3. The van der Waals surface area contributed by atoms with Crippen LogP contribution in [-0.4, -0.2) is 18.0 Å². The number of hydrogen-bond acceptors (Lipinski definition) is 3. The summed E-state index contributed by atoms with van der Waals surface area (Å²) in [5.41, 5.74) is 10.8. The molecular formula is C44H44IrN2OSi-2. The molecule has 0 spiro atoms. The topological polar surface area (TPSA) is 38.9 Å². The molecule has 4 aromatic carbocycles. The third-order valence-electron chi connectivity index (χ3n) is 8.77. The van der Waals surface area contributed by atoms with Crippen LogP contribution in [0, 0.1) is 12.1 Å². The molecule has 3 heterocycles. The number of benzene rings is 4. The molecule has 0 fully saturated rings. The van der Waals surface area contributed by atoms with Crippen molar-refractivity contribution in [3.8, 4) is 33.6 Å². The van der Waals surface area contributed by atoms with Gasteiger partial charge in [0.15, 0.2) is 0 Å². The van der Waals surface area contributed by atoms with E-state index < -0.39 is 8.07 Å². The van der Waals surface area contributed by atoms with Crippen LogP contribution in [0.4, 0.5) is 0 Å². The summed E-state index contributed by atoms with van der Waals surface area (Å²) in [5, 5.41) is 3.68. The van der Waals surface area contributed by atoms with Gasteiger partial charge in [0.1, 0.15) is 5.58 Å². The van der Waals surface area contributed by atoms with Crippen molar-refractivity contribution < 1.29 is 24.5 Å². The molecule has 7 aromatic rings. The molecule has 1 radical (unpaired) electrons. The van der Waals surface area contributed by atoms with E-state index in [4.69, 9.17) is 4.42 Å². The predicted molar refractivity (Wildman–Crippen MR) is 206 cm³/mol. The van der Waals surface area contributed by atoms with E-state index in [0.29, 0.717) is 5.92 Å². The Bertz CT molecular complexity index is 2180. The zero-order chi connectivity index (χ0) is 34.1. The second-order valence-electron chi connectivity index (χ2n) is 14.8. The summed E-state index contributed by atoms with van der Waals surface area (Å²) in [6.07, 6.45) is 3.97. The van der Waals surface area contributed by atoms with Crippen LogP contribution in [0.15, 0.2) is 120 Å². The maximum absolute atomic E-state index is 6.28. The fraction of sp³-hybridized carbons (Fsp3) is 0.227. The summed E-state index contributed by atoms with van der Waals surface area (Å²) in [5.74, 6) is 0.534. The first-order valence-electron chi connectivity index (χ1n) is 16.8. The van der Waals surface area contributed by atoms with Crippen molar-refractivity contribution in [3.63, 3.8) is 0 Å². The summed E-state index contributed by atoms with van der Waals surface area (Å²) in [7, 11) is -1.34. The molecule has 0 aliphatic rings. The minimum absolute atomic E-state index is 0. The molecule has 0 aliphatic heterocycles. The molecule has 3 nitrogen and oxygen atoms in total. The van der Waals surface area contributed by atoms with E-state index in [2.05, 4.69) is 155 Å². The molecule has 0 N–H and O–H groups in total. The third kappa shape index (κ3) is 8.02. The number of nitrogens with zero attached hydrogens (tertiary/aromatic N) is 2. The van der Waals surface area contributed by atoms with Crippen molar-refractivity contribution in [1.82, 2.24) is 9.97 Å². The molecule has 0 saturated carbocycles. The van der Waals surface area contributed by atoms with Crippen molar-refractivity contribution in [2.45, 2.75) is 65.6 Å². The van der Waals surface area contributed by atoms with Crippen molar-refractivity contribution in [2.24, 2.45) is 0 Å². The zero-order valence-electron chi connectivity index (χ0n) is 29.7. The molecule has 5 heteroatoms. The Morgan fingerprint density at radius 2 is 1.47 bits per heavy atom. The van der Waals surface area contributed by atoms with Gasteiger partial charge in [-0.1, -0.05) is 119 Å². The molecular weight excluding hydrogens is 793 g/mol. The van der Waals surface area contributed by atoms with Gasteiger partial charge in [-0.2, -0.15) is 0 Å². The van der Waals surface area contributed by atoms with Crippen LogP contribution in [0.3, 0.4) is 0 Å². The minimum Gasteiger partial charge on any atom is -0.501 e. The van der Waals surface area contributed by atoms with Gasteiger partial charge in [-0.25, -0.2) is 0 Å². The number of aromatic nitrogens is 2. The van der Waals surface area contributed by atoms with Crippen LogP contribution < -0.4 is 5.19 Å². The normalized spacial score (nSPS) is 11.7. The van der Waals surface area contributed by atoms with Crippen LogP contribution in [0.25, 0.3) is 55.6 Å². The van der Waals surface area contributed by atoms with Crippen molar-refractivity contribution >= 4 is 35.2 Å². The smallest absolute Gasteiger partial charge is 0.120 e. The Labute approximate surface area is 306 Å². The van der Waals surface area contributed by atoms with Gasteiger partial charge in [-0.05, 0) is 62.8 Å². The summed E-state index contributed by atoms with van der Waals surface area (Å²) in [4.78, 5) is 9.28. The van der Waals surface area contributed by atoms with Gasteiger partial charge < -0.3 is 14.4 Å². The summed E-state index contributed by atoms with van der Waals surface area (Å²) in [6, 6.07) is 42.0. The van der Waals surface area contributed by atoms with E-state index >= 15 is 0 Å². The number of hydrogen-bond donors (Lipinski definition) is 0. The first-order valence-corrected chi connectivity index (χ1v) is 20.3. The maximum Gasteiger partial charge on any atom is 0.120 e. The maximum atomic E-state index is 6.28. The summed E-state index contributed by atoms with van der Waals surface area (Å²) >= 11 is 0. The monoisotopic (exact) mass is 837 g/mol. The first kappa shape index (κ1) is 36.1. The van der Waals surface area contributed by atoms with E-state index in [0.717, 1.165) is 44.5 Å².